The van der Waals surface area contributed by atoms with Gasteiger partial charge in [0.1, 0.15) is 0 Å². The summed E-state index contributed by atoms with van der Waals surface area (Å²) in [6, 6.07) is 0.665. The molecule has 4 heteroatoms. The van der Waals surface area contributed by atoms with E-state index in [9.17, 15) is 5.11 Å². The van der Waals surface area contributed by atoms with Crippen LogP contribution < -0.4 is 10.6 Å². The quantitative estimate of drug-likeness (QED) is 0.582. The number of unbranched alkanes of at least 4 members (excludes halogenated alkanes) is 1. The van der Waals surface area contributed by atoms with Crippen LogP contribution in [0.5, 0.6) is 0 Å². The molecule has 4 unspecified atom stereocenters. The molecule has 2 rings (SSSR count). The van der Waals surface area contributed by atoms with Crippen molar-refractivity contribution in [3.8, 4) is 0 Å². The summed E-state index contributed by atoms with van der Waals surface area (Å²) in [6.45, 7) is 5.46. The Morgan fingerprint density at radius 3 is 3.11 bits per heavy atom. The zero-order chi connectivity index (χ0) is 13.5. The third kappa shape index (κ3) is 5.03. The molecule has 0 amide bonds. The first-order valence-electron chi connectivity index (χ1n) is 8.03. The largest absolute Gasteiger partial charge is 0.389 e. The van der Waals surface area contributed by atoms with Crippen molar-refractivity contribution in [2.45, 2.75) is 63.7 Å². The fourth-order valence-electron chi connectivity index (χ4n) is 3.27. The van der Waals surface area contributed by atoms with E-state index in [0.29, 0.717) is 25.3 Å². The molecule has 1 saturated heterocycles. The molecule has 4 nitrogen and oxygen atoms in total. The highest BCUT2D eigenvalue weighted by Crippen LogP contribution is 2.32. The Hall–Kier alpha value is -0.160. The van der Waals surface area contributed by atoms with E-state index in [-0.39, 0.29) is 6.10 Å². The molecule has 1 heterocycles. The van der Waals surface area contributed by atoms with Crippen LogP contribution >= 0.6 is 0 Å². The van der Waals surface area contributed by atoms with Gasteiger partial charge in [0.15, 0.2) is 0 Å². The molecule has 19 heavy (non-hydrogen) atoms. The number of hydrogen-bond donors (Lipinski definition) is 3. The minimum Gasteiger partial charge on any atom is -0.389 e. The van der Waals surface area contributed by atoms with E-state index in [1.807, 2.05) is 0 Å². The molecule has 0 aromatic rings. The topological polar surface area (TPSA) is 53.5 Å². The van der Waals surface area contributed by atoms with Gasteiger partial charge in [-0.1, -0.05) is 13.3 Å². The second kappa shape index (κ2) is 8.20. The van der Waals surface area contributed by atoms with Gasteiger partial charge in [0.2, 0.25) is 0 Å². The summed E-state index contributed by atoms with van der Waals surface area (Å²) in [6.07, 6.45) is 7.25. The third-order valence-corrected chi connectivity index (χ3v) is 4.48. The molecule has 2 aliphatic rings. The van der Waals surface area contributed by atoms with Crippen LogP contribution in [0.4, 0.5) is 0 Å². The highest BCUT2D eigenvalue weighted by Gasteiger charge is 2.33. The monoisotopic (exact) mass is 270 g/mol. The van der Waals surface area contributed by atoms with E-state index in [1.54, 1.807) is 0 Å². The maximum absolute atomic E-state index is 9.86. The zero-order valence-corrected chi connectivity index (χ0v) is 12.2. The Bertz CT molecular complexity index is 250. The van der Waals surface area contributed by atoms with E-state index in [1.165, 1.54) is 38.6 Å². The number of aliphatic hydroxyl groups excluding tert-OH is 1. The van der Waals surface area contributed by atoms with E-state index < -0.39 is 0 Å². The van der Waals surface area contributed by atoms with Crippen LogP contribution in [-0.2, 0) is 4.74 Å². The Kier molecular flexibility index (Phi) is 6.57. The van der Waals surface area contributed by atoms with Gasteiger partial charge in [-0.05, 0) is 51.1 Å². The molecule has 2 fully saturated rings. The van der Waals surface area contributed by atoms with Crippen molar-refractivity contribution in [2.75, 3.05) is 26.2 Å². The molecule has 0 aromatic heterocycles. The Morgan fingerprint density at radius 1 is 1.37 bits per heavy atom. The SMILES string of the molecule is CCCCNCC(O)COC1CCC2CCNC2C1. The summed E-state index contributed by atoms with van der Waals surface area (Å²) in [7, 11) is 0. The van der Waals surface area contributed by atoms with E-state index in [4.69, 9.17) is 4.74 Å². The van der Waals surface area contributed by atoms with Gasteiger partial charge < -0.3 is 20.5 Å². The molecule has 4 atom stereocenters. The van der Waals surface area contributed by atoms with E-state index in [2.05, 4.69) is 17.6 Å². The van der Waals surface area contributed by atoms with Gasteiger partial charge in [0.25, 0.3) is 0 Å². The second-order valence-corrected chi connectivity index (χ2v) is 6.09. The molecule has 112 valence electrons. The Balaban J connectivity index is 1.55. The lowest BCUT2D eigenvalue weighted by molar-refractivity contribution is -0.0319. The van der Waals surface area contributed by atoms with Crippen molar-refractivity contribution in [2.24, 2.45) is 5.92 Å². The van der Waals surface area contributed by atoms with Crippen molar-refractivity contribution in [3.05, 3.63) is 0 Å². The molecular weight excluding hydrogens is 240 g/mol. The summed E-state index contributed by atoms with van der Waals surface area (Å²) >= 11 is 0. The van der Waals surface area contributed by atoms with Gasteiger partial charge in [-0.25, -0.2) is 0 Å². The molecule has 0 radical (unpaired) electrons. The van der Waals surface area contributed by atoms with Crippen LogP contribution in [0.3, 0.4) is 0 Å². The van der Waals surface area contributed by atoms with Crippen LogP contribution in [0.2, 0.25) is 0 Å². The van der Waals surface area contributed by atoms with Crippen LogP contribution in [0.25, 0.3) is 0 Å². The second-order valence-electron chi connectivity index (χ2n) is 6.09. The summed E-state index contributed by atoms with van der Waals surface area (Å²) in [5.74, 6) is 0.875. The van der Waals surface area contributed by atoms with Crippen molar-refractivity contribution < 1.29 is 9.84 Å². The van der Waals surface area contributed by atoms with E-state index >= 15 is 0 Å². The third-order valence-electron chi connectivity index (χ3n) is 4.48. The van der Waals surface area contributed by atoms with Gasteiger partial charge >= 0.3 is 0 Å². The molecule has 1 aliphatic carbocycles. The molecule has 0 bridgehead atoms. The molecule has 1 aliphatic heterocycles. The fourth-order valence-corrected chi connectivity index (χ4v) is 3.27. The zero-order valence-electron chi connectivity index (χ0n) is 12.2. The average molecular weight is 270 g/mol. The van der Waals surface area contributed by atoms with Gasteiger partial charge in [-0.3, -0.25) is 0 Å². The van der Waals surface area contributed by atoms with Gasteiger partial charge in [-0.15, -0.1) is 0 Å². The lowest BCUT2D eigenvalue weighted by Crippen LogP contribution is -2.39. The van der Waals surface area contributed by atoms with Crippen molar-refractivity contribution in [3.63, 3.8) is 0 Å². The minimum atomic E-state index is -0.369. The first kappa shape index (κ1) is 15.2. The molecule has 3 N–H and O–H groups in total. The lowest BCUT2D eigenvalue weighted by atomic mass is 9.84. The number of hydrogen-bond acceptors (Lipinski definition) is 4. The van der Waals surface area contributed by atoms with Crippen LogP contribution in [-0.4, -0.2) is 49.6 Å². The number of fused-ring (bicyclic) bond motifs is 1. The van der Waals surface area contributed by atoms with Gasteiger partial charge in [-0.2, -0.15) is 0 Å². The van der Waals surface area contributed by atoms with Crippen LogP contribution in [0, 0.1) is 5.92 Å². The fraction of sp³-hybridized carbons (Fsp3) is 1.00. The molecule has 0 spiro atoms. The number of ether oxygens (including phenoxy) is 1. The Labute approximate surface area is 117 Å². The maximum atomic E-state index is 9.86. The molecule has 0 aromatic carbocycles. The van der Waals surface area contributed by atoms with Gasteiger partial charge in [0.05, 0.1) is 18.8 Å². The van der Waals surface area contributed by atoms with Crippen LogP contribution in [0.15, 0.2) is 0 Å². The first-order chi connectivity index (χ1) is 9.29. The summed E-state index contributed by atoms with van der Waals surface area (Å²) in [4.78, 5) is 0. The summed E-state index contributed by atoms with van der Waals surface area (Å²) in [5, 5.41) is 16.7. The maximum Gasteiger partial charge on any atom is 0.0897 e. The lowest BCUT2D eigenvalue weighted by Gasteiger charge is -2.32. The minimum absolute atomic E-state index is 0.345. The number of aliphatic hydroxyl groups is 1. The standard InChI is InChI=1S/C15H30N2O2/c1-2-3-7-16-10-13(18)11-19-14-5-4-12-6-8-17-15(12)9-14/h12-18H,2-11H2,1H3. The normalized spacial score (nSPS) is 32.2. The highest BCUT2D eigenvalue weighted by atomic mass is 16.5. The number of nitrogens with one attached hydrogen (secondary N) is 2. The Morgan fingerprint density at radius 2 is 2.26 bits per heavy atom. The number of rotatable bonds is 8. The predicted octanol–water partition coefficient (Wildman–Crippen LogP) is 1.28. The van der Waals surface area contributed by atoms with Crippen LogP contribution in [0.1, 0.15) is 45.4 Å². The van der Waals surface area contributed by atoms with Crippen molar-refractivity contribution >= 4 is 0 Å². The highest BCUT2D eigenvalue weighted by molar-refractivity contribution is 4.90. The molecule has 1 saturated carbocycles. The van der Waals surface area contributed by atoms with Gasteiger partial charge in [0, 0.05) is 12.6 Å². The summed E-state index contributed by atoms with van der Waals surface area (Å²) < 4.78 is 5.88. The smallest absolute Gasteiger partial charge is 0.0897 e. The average Bonchev–Trinajstić information content (AvgIpc) is 2.89. The first-order valence-corrected chi connectivity index (χ1v) is 8.03. The predicted molar refractivity (Wildman–Crippen MR) is 77.3 cm³/mol. The summed E-state index contributed by atoms with van der Waals surface area (Å²) in [5.41, 5.74) is 0. The molecular formula is C15H30N2O2. The van der Waals surface area contributed by atoms with Crippen molar-refractivity contribution in [1.29, 1.82) is 0 Å². The van der Waals surface area contributed by atoms with Crippen molar-refractivity contribution in [1.82, 2.24) is 10.6 Å². The van der Waals surface area contributed by atoms with E-state index in [0.717, 1.165) is 18.9 Å².